The standard InChI is InChI=1S/C17H14BrClN2O2S/c1-2-21-14-8-3-11(18)9-15(14)24-17(21)20-16(22)10-23-13-6-4-12(19)5-7-13/h3-9H,2,10H2,1H3. The third-order valence-corrected chi connectivity index (χ3v) is 5.14. The fourth-order valence-corrected chi connectivity index (χ4v) is 4.04. The summed E-state index contributed by atoms with van der Waals surface area (Å²) in [5.41, 5.74) is 1.07. The summed E-state index contributed by atoms with van der Waals surface area (Å²) in [6, 6.07) is 12.9. The third kappa shape index (κ3) is 3.88. The quantitative estimate of drug-likeness (QED) is 0.611. The van der Waals surface area contributed by atoms with E-state index in [-0.39, 0.29) is 12.5 Å². The molecule has 0 spiro atoms. The Kier molecular flexibility index (Phi) is 5.38. The van der Waals surface area contributed by atoms with Crippen LogP contribution in [0.5, 0.6) is 5.75 Å². The second-order valence-corrected chi connectivity index (χ2v) is 7.35. The molecule has 4 nitrogen and oxygen atoms in total. The Morgan fingerprint density at radius 1 is 1.29 bits per heavy atom. The van der Waals surface area contributed by atoms with Crippen molar-refractivity contribution in [2.75, 3.05) is 6.61 Å². The van der Waals surface area contributed by atoms with E-state index in [1.807, 2.05) is 29.7 Å². The van der Waals surface area contributed by atoms with Crippen LogP contribution in [0, 0.1) is 0 Å². The van der Waals surface area contributed by atoms with Gasteiger partial charge in [0.2, 0.25) is 0 Å². The highest BCUT2D eigenvalue weighted by molar-refractivity contribution is 9.10. The number of thiazole rings is 1. The molecule has 0 saturated heterocycles. The first-order valence-corrected chi connectivity index (χ1v) is 9.30. The number of nitrogens with zero attached hydrogens (tertiary/aromatic N) is 2. The second kappa shape index (κ2) is 7.51. The van der Waals surface area contributed by atoms with Crippen molar-refractivity contribution < 1.29 is 9.53 Å². The number of fused-ring (bicyclic) bond motifs is 1. The Labute approximate surface area is 156 Å². The predicted octanol–water partition coefficient (Wildman–Crippen LogP) is 4.64. The molecule has 7 heteroatoms. The van der Waals surface area contributed by atoms with E-state index in [0.717, 1.165) is 21.2 Å². The van der Waals surface area contributed by atoms with Crippen LogP contribution in [0.15, 0.2) is 51.9 Å². The number of carbonyl (C=O) groups excluding carboxylic acids is 1. The summed E-state index contributed by atoms with van der Waals surface area (Å²) >= 11 is 10.8. The monoisotopic (exact) mass is 424 g/mol. The van der Waals surface area contributed by atoms with Gasteiger partial charge in [-0.05, 0) is 49.4 Å². The van der Waals surface area contributed by atoms with Crippen LogP contribution >= 0.6 is 38.9 Å². The summed E-state index contributed by atoms with van der Waals surface area (Å²) in [5.74, 6) is 0.268. The molecule has 3 rings (SSSR count). The molecule has 0 N–H and O–H groups in total. The van der Waals surface area contributed by atoms with Gasteiger partial charge in [-0.2, -0.15) is 4.99 Å². The zero-order valence-corrected chi connectivity index (χ0v) is 16.0. The minimum atomic E-state index is -0.322. The number of halogens is 2. The predicted molar refractivity (Wildman–Crippen MR) is 101 cm³/mol. The molecule has 1 amide bonds. The summed E-state index contributed by atoms with van der Waals surface area (Å²) in [6.45, 7) is 2.66. The first-order chi connectivity index (χ1) is 11.6. The van der Waals surface area contributed by atoms with Crippen molar-refractivity contribution in [3.05, 3.63) is 56.8 Å². The lowest BCUT2D eigenvalue weighted by Crippen LogP contribution is -2.18. The molecule has 0 aliphatic heterocycles. The van der Waals surface area contributed by atoms with E-state index in [0.29, 0.717) is 15.6 Å². The summed E-state index contributed by atoms with van der Waals surface area (Å²) in [7, 11) is 0. The average molecular weight is 426 g/mol. The van der Waals surface area contributed by atoms with Gasteiger partial charge in [0.05, 0.1) is 10.2 Å². The Balaban J connectivity index is 1.83. The molecule has 0 saturated carbocycles. The topological polar surface area (TPSA) is 43.6 Å². The molecule has 0 bridgehead atoms. The number of rotatable bonds is 4. The number of aryl methyl sites for hydroxylation is 1. The van der Waals surface area contributed by atoms with E-state index < -0.39 is 0 Å². The van der Waals surface area contributed by atoms with Crippen LogP contribution in [0.4, 0.5) is 0 Å². The maximum absolute atomic E-state index is 12.1. The van der Waals surface area contributed by atoms with Crippen LogP contribution in [0.1, 0.15) is 6.92 Å². The van der Waals surface area contributed by atoms with Gasteiger partial charge >= 0.3 is 0 Å². The van der Waals surface area contributed by atoms with Gasteiger partial charge in [0.1, 0.15) is 5.75 Å². The highest BCUT2D eigenvalue weighted by atomic mass is 79.9. The SMILES string of the molecule is CCn1c(=NC(=O)COc2ccc(Cl)cc2)sc2cc(Br)ccc21. The third-order valence-electron chi connectivity index (χ3n) is 3.36. The molecular weight excluding hydrogens is 412 g/mol. The molecule has 24 heavy (non-hydrogen) atoms. The van der Waals surface area contributed by atoms with E-state index in [4.69, 9.17) is 16.3 Å². The smallest absolute Gasteiger partial charge is 0.286 e. The van der Waals surface area contributed by atoms with Crippen molar-refractivity contribution in [1.82, 2.24) is 4.57 Å². The lowest BCUT2D eigenvalue weighted by Gasteiger charge is -2.03. The maximum Gasteiger partial charge on any atom is 0.286 e. The first-order valence-electron chi connectivity index (χ1n) is 7.31. The number of amides is 1. The van der Waals surface area contributed by atoms with Gasteiger partial charge in [0, 0.05) is 16.0 Å². The summed E-state index contributed by atoms with van der Waals surface area (Å²) < 4.78 is 9.55. The molecule has 0 aliphatic carbocycles. The molecule has 0 atom stereocenters. The van der Waals surface area contributed by atoms with Crippen molar-refractivity contribution in [2.24, 2.45) is 4.99 Å². The van der Waals surface area contributed by atoms with E-state index in [2.05, 4.69) is 20.9 Å². The van der Waals surface area contributed by atoms with Crippen LogP contribution in [0.2, 0.25) is 5.02 Å². The molecule has 3 aromatic rings. The molecule has 0 fully saturated rings. The number of benzene rings is 2. The van der Waals surface area contributed by atoms with Crippen molar-refractivity contribution in [3.63, 3.8) is 0 Å². The fraction of sp³-hybridized carbons (Fsp3) is 0.176. The number of ether oxygens (including phenoxy) is 1. The zero-order valence-electron chi connectivity index (χ0n) is 12.8. The second-order valence-electron chi connectivity index (χ2n) is 4.99. The Hall–Kier alpha value is -1.63. The lowest BCUT2D eigenvalue weighted by atomic mass is 10.3. The number of aromatic nitrogens is 1. The number of hydrogen-bond donors (Lipinski definition) is 0. The minimum Gasteiger partial charge on any atom is -0.484 e. The minimum absolute atomic E-state index is 0.108. The van der Waals surface area contributed by atoms with Crippen molar-refractivity contribution in [3.8, 4) is 5.75 Å². The van der Waals surface area contributed by atoms with Gasteiger partial charge in [-0.3, -0.25) is 4.79 Å². The molecule has 1 heterocycles. The summed E-state index contributed by atoms with van der Waals surface area (Å²) in [4.78, 5) is 17.0. The molecule has 0 aliphatic rings. The summed E-state index contributed by atoms with van der Waals surface area (Å²) in [5, 5.41) is 0.624. The van der Waals surface area contributed by atoms with Gasteiger partial charge in [0.25, 0.3) is 5.91 Å². The van der Waals surface area contributed by atoms with Gasteiger partial charge in [-0.15, -0.1) is 0 Å². The van der Waals surface area contributed by atoms with Gasteiger partial charge < -0.3 is 9.30 Å². The highest BCUT2D eigenvalue weighted by Crippen LogP contribution is 2.22. The normalized spacial score (nSPS) is 11.9. The zero-order chi connectivity index (χ0) is 17.1. The van der Waals surface area contributed by atoms with Crippen molar-refractivity contribution >= 4 is 55.0 Å². The van der Waals surface area contributed by atoms with Gasteiger partial charge in [0.15, 0.2) is 11.4 Å². The summed E-state index contributed by atoms with van der Waals surface area (Å²) in [6.07, 6.45) is 0. The molecule has 1 aromatic heterocycles. The molecule has 124 valence electrons. The van der Waals surface area contributed by atoms with Crippen LogP contribution in [0.25, 0.3) is 10.2 Å². The maximum atomic E-state index is 12.1. The molecule has 0 radical (unpaired) electrons. The molecule has 0 unspecified atom stereocenters. The van der Waals surface area contributed by atoms with E-state index in [1.165, 1.54) is 11.3 Å². The van der Waals surface area contributed by atoms with Gasteiger partial charge in [-0.25, -0.2) is 0 Å². The first kappa shape index (κ1) is 17.2. The van der Waals surface area contributed by atoms with E-state index in [1.54, 1.807) is 24.3 Å². The highest BCUT2D eigenvalue weighted by Gasteiger charge is 2.08. The van der Waals surface area contributed by atoms with Crippen LogP contribution in [-0.4, -0.2) is 17.1 Å². The number of hydrogen-bond acceptors (Lipinski definition) is 3. The van der Waals surface area contributed by atoms with Crippen LogP contribution < -0.4 is 9.54 Å². The molecular formula is C17H14BrClN2O2S. The Morgan fingerprint density at radius 3 is 2.75 bits per heavy atom. The largest absolute Gasteiger partial charge is 0.484 e. The van der Waals surface area contributed by atoms with Crippen LogP contribution in [-0.2, 0) is 11.3 Å². The van der Waals surface area contributed by atoms with Crippen molar-refractivity contribution in [1.29, 1.82) is 0 Å². The van der Waals surface area contributed by atoms with E-state index in [9.17, 15) is 4.79 Å². The lowest BCUT2D eigenvalue weighted by molar-refractivity contribution is -0.120. The average Bonchev–Trinajstić information content (AvgIpc) is 2.90. The van der Waals surface area contributed by atoms with Crippen molar-refractivity contribution in [2.45, 2.75) is 13.5 Å². The van der Waals surface area contributed by atoms with Gasteiger partial charge in [-0.1, -0.05) is 38.9 Å². The van der Waals surface area contributed by atoms with E-state index >= 15 is 0 Å². The van der Waals surface area contributed by atoms with Crippen LogP contribution in [0.3, 0.4) is 0 Å². The Bertz CT molecular complexity index is 947. The molecule has 2 aromatic carbocycles. The fourth-order valence-electron chi connectivity index (χ4n) is 2.25. The Morgan fingerprint density at radius 2 is 2.04 bits per heavy atom. The number of carbonyl (C=O) groups is 1.